The van der Waals surface area contributed by atoms with Crippen molar-refractivity contribution < 1.29 is 0 Å². The molecule has 0 amide bonds. The van der Waals surface area contributed by atoms with Gasteiger partial charge < -0.3 is 0 Å². The number of hydrogen-bond donors (Lipinski definition) is 0. The Labute approximate surface area is 146 Å². The lowest BCUT2D eigenvalue weighted by atomic mass is 10.0. The molecule has 2 aromatic carbocycles. The molecule has 25 heavy (non-hydrogen) atoms. The van der Waals surface area contributed by atoms with Crippen molar-refractivity contribution in [2.24, 2.45) is 0 Å². The van der Waals surface area contributed by atoms with Crippen LogP contribution in [0, 0.1) is 13.8 Å². The van der Waals surface area contributed by atoms with E-state index in [-0.39, 0.29) is 0 Å². The van der Waals surface area contributed by atoms with Gasteiger partial charge in [-0.3, -0.25) is 4.57 Å². The quantitative estimate of drug-likeness (QED) is 0.570. The molecule has 4 aromatic rings. The minimum Gasteiger partial charge on any atom is -0.258 e. The van der Waals surface area contributed by atoms with Crippen molar-refractivity contribution >= 4 is 0 Å². The monoisotopic (exact) mass is 327 g/mol. The lowest BCUT2D eigenvalue weighted by molar-refractivity contribution is 0.979. The largest absolute Gasteiger partial charge is 0.258 e. The fourth-order valence-electron chi connectivity index (χ4n) is 3.02. The standard InChI is InChI=1S/C20H17N5/c1-14-7-6-8-15(2)18(14)20-24-23-19(16-9-4-3-5-10-16)25(20)17-11-12-21-13-22-17/h3-13H,1-2H3. The fraction of sp³-hybridized carbons (Fsp3) is 0.100. The first-order valence-corrected chi connectivity index (χ1v) is 8.09. The lowest BCUT2D eigenvalue weighted by Crippen LogP contribution is -2.04. The van der Waals surface area contributed by atoms with Gasteiger partial charge in [0.25, 0.3) is 0 Å². The molecule has 4 rings (SSSR count). The Morgan fingerprint density at radius 2 is 1.48 bits per heavy atom. The molecule has 5 heteroatoms. The molecule has 0 saturated carbocycles. The number of aromatic nitrogens is 5. The Balaban J connectivity index is 2.03. The molecule has 2 heterocycles. The van der Waals surface area contributed by atoms with Crippen molar-refractivity contribution in [3.63, 3.8) is 0 Å². The van der Waals surface area contributed by atoms with E-state index in [1.807, 2.05) is 41.0 Å². The van der Waals surface area contributed by atoms with E-state index >= 15 is 0 Å². The summed E-state index contributed by atoms with van der Waals surface area (Å²) in [5.74, 6) is 2.29. The van der Waals surface area contributed by atoms with Crippen molar-refractivity contribution in [3.05, 3.63) is 78.2 Å². The molecule has 5 nitrogen and oxygen atoms in total. The maximum atomic E-state index is 4.51. The molecule has 0 unspecified atom stereocenters. The van der Waals surface area contributed by atoms with Gasteiger partial charge >= 0.3 is 0 Å². The minimum absolute atomic E-state index is 0.747. The van der Waals surface area contributed by atoms with Gasteiger partial charge in [0.05, 0.1) is 0 Å². The summed E-state index contributed by atoms with van der Waals surface area (Å²) in [6.45, 7) is 4.17. The van der Waals surface area contributed by atoms with Crippen molar-refractivity contribution in [2.45, 2.75) is 13.8 Å². The van der Waals surface area contributed by atoms with Gasteiger partial charge in [-0.1, -0.05) is 48.5 Å². The molecular weight excluding hydrogens is 310 g/mol. The summed E-state index contributed by atoms with van der Waals surface area (Å²) in [6.07, 6.45) is 3.27. The van der Waals surface area contributed by atoms with Gasteiger partial charge in [-0.15, -0.1) is 10.2 Å². The molecule has 0 bridgehead atoms. The van der Waals surface area contributed by atoms with Crippen LogP contribution in [0.2, 0.25) is 0 Å². The van der Waals surface area contributed by atoms with E-state index in [9.17, 15) is 0 Å². The number of nitrogens with zero attached hydrogens (tertiary/aromatic N) is 5. The van der Waals surface area contributed by atoms with E-state index < -0.39 is 0 Å². The molecule has 0 radical (unpaired) electrons. The van der Waals surface area contributed by atoms with E-state index in [0.717, 1.165) is 39.7 Å². The van der Waals surface area contributed by atoms with E-state index in [0.29, 0.717) is 0 Å². The van der Waals surface area contributed by atoms with Crippen molar-refractivity contribution in [1.29, 1.82) is 0 Å². The third-order valence-electron chi connectivity index (χ3n) is 4.20. The number of rotatable bonds is 3. The Bertz CT molecular complexity index is 987. The summed E-state index contributed by atoms with van der Waals surface area (Å²) >= 11 is 0. The van der Waals surface area contributed by atoms with Crippen molar-refractivity contribution in [3.8, 4) is 28.6 Å². The topological polar surface area (TPSA) is 56.5 Å². The van der Waals surface area contributed by atoms with Crippen LogP contribution in [0.1, 0.15) is 11.1 Å². The summed E-state index contributed by atoms with van der Waals surface area (Å²) in [7, 11) is 0. The van der Waals surface area contributed by atoms with E-state index in [1.165, 1.54) is 0 Å². The molecular formula is C20H17N5. The molecule has 0 aliphatic heterocycles. The van der Waals surface area contributed by atoms with Crippen molar-refractivity contribution in [2.75, 3.05) is 0 Å². The van der Waals surface area contributed by atoms with Gasteiger partial charge in [0.15, 0.2) is 11.6 Å². The summed E-state index contributed by atoms with van der Waals surface area (Å²) < 4.78 is 1.99. The molecule has 0 N–H and O–H groups in total. The maximum Gasteiger partial charge on any atom is 0.170 e. The highest BCUT2D eigenvalue weighted by Gasteiger charge is 2.20. The fourth-order valence-corrected chi connectivity index (χ4v) is 3.02. The molecule has 0 saturated heterocycles. The second kappa shape index (κ2) is 6.28. The zero-order valence-electron chi connectivity index (χ0n) is 14.1. The summed E-state index contributed by atoms with van der Waals surface area (Å²) in [5, 5.41) is 8.99. The molecule has 0 aliphatic carbocycles. The average molecular weight is 327 g/mol. The minimum atomic E-state index is 0.747. The first-order valence-electron chi connectivity index (χ1n) is 8.09. The highest BCUT2D eigenvalue weighted by atomic mass is 15.3. The van der Waals surface area contributed by atoms with E-state index in [4.69, 9.17) is 0 Å². The van der Waals surface area contributed by atoms with Gasteiger partial charge in [0.2, 0.25) is 0 Å². The van der Waals surface area contributed by atoms with Crippen LogP contribution in [-0.2, 0) is 0 Å². The van der Waals surface area contributed by atoms with Crippen LogP contribution in [0.4, 0.5) is 0 Å². The highest BCUT2D eigenvalue weighted by Crippen LogP contribution is 2.31. The first-order chi connectivity index (χ1) is 12.3. The maximum absolute atomic E-state index is 4.51. The smallest absolute Gasteiger partial charge is 0.170 e. The SMILES string of the molecule is Cc1cccc(C)c1-c1nnc(-c2ccccc2)n1-c1ccncn1. The van der Waals surface area contributed by atoms with Crippen LogP contribution < -0.4 is 0 Å². The van der Waals surface area contributed by atoms with Gasteiger partial charge in [-0.25, -0.2) is 9.97 Å². The Hall–Kier alpha value is -3.34. The lowest BCUT2D eigenvalue weighted by Gasteiger charge is -2.12. The van der Waals surface area contributed by atoms with Crippen LogP contribution in [0.5, 0.6) is 0 Å². The van der Waals surface area contributed by atoms with Crippen LogP contribution in [0.3, 0.4) is 0 Å². The Kier molecular flexibility index (Phi) is 3.82. The molecule has 0 fully saturated rings. The normalized spacial score (nSPS) is 10.8. The summed E-state index contributed by atoms with van der Waals surface area (Å²) in [6, 6.07) is 18.1. The van der Waals surface area contributed by atoms with Gasteiger partial charge in [0.1, 0.15) is 12.1 Å². The van der Waals surface area contributed by atoms with Crippen LogP contribution in [-0.4, -0.2) is 24.7 Å². The van der Waals surface area contributed by atoms with Gasteiger partial charge in [-0.2, -0.15) is 0 Å². The molecule has 0 atom stereocenters. The molecule has 2 aromatic heterocycles. The zero-order valence-corrected chi connectivity index (χ0v) is 14.1. The van der Waals surface area contributed by atoms with E-state index in [2.05, 4.69) is 52.2 Å². The second-order valence-electron chi connectivity index (χ2n) is 5.88. The molecule has 0 spiro atoms. The Morgan fingerprint density at radius 3 is 2.16 bits per heavy atom. The van der Waals surface area contributed by atoms with Crippen LogP contribution in [0.25, 0.3) is 28.6 Å². The second-order valence-corrected chi connectivity index (χ2v) is 5.88. The van der Waals surface area contributed by atoms with Gasteiger partial charge in [0, 0.05) is 17.3 Å². The average Bonchev–Trinajstić information content (AvgIpc) is 3.08. The van der Waals surface area contributed by atoms with Crippen LogP contribution in [0.15, 0.2) is 67.1 Å². The van der Waals surface area contributed by atoms with Gasteiger partial charge in [-0.05, 0) is 31.0 Å². The Morgan fingerprint density at radius 1 is 0.760 bits per heavy atom. The first kappa shape index (κ1) is 15.2. The van der Waals surface area contributed by atoms with E-state index in [1.54, 1.807) is 12.5 Å². The third kappa shape index (κ3) is 2.70. The summed E-state index contributed by atoms with van der Waals surface area (Å²) in [4.78, 5) is 8.45. The number of hydrogen-bond acceptors (Lipinski definition) is 4. The van der Waals surface area contributed by atoms with Crippen molar-refractivity contribution in [1.82, 2.24) is 24.7 Å². The van der Waals surface area contributed by atoms with Crippen LogP contribution >= 0.6 is 0 Å². The predicted octanol–water partition coefficient (Wildman–Crippen LogP) is 4.01. The molecule has 122 valence electrons. The highest BCUT2D eigenvalue weighted by molar-refractivity contribution is 5.70. The zero-order chi connectivity index (χ0) is 17.2. The number of benzene rings is 2. The predicted molar refractivity (Wildman–Crippen MR) is 97.3 cm³/mol. The number of aryl methyl sites for hydroxylation is 2. The molecule has 0 aliphatic rings. The third-order valence-corrected chi connectivity index (χ3v) is 4.20. The summed E-state index contributed by atoms with van der Waals surface area (Å²) in [5.41, 5.74) is 4.38.